The number of rotatable bonds is 4. The van der Waals surface area contributed by atoms with Gasteiger partial charge in [0.15, 0.2) is 5.92 Å². The van der Waals surface area contributed by atoms with Crippen LogP contribution in [0.25, 0.3) is 0 Å². The lowest BCUT2D eigenvalue weighted by molar-refractivity contribution is -0.164. The number of hydrogen-bond acceptors (Lipinski definition) is 4. The predicted octanol–water partition coefficient (Wildman–Crippen LogP) is 2.66. The fourth-order valence-corrected chi connectivity index (χ4v) is 3.36. The molecule has 0 N–H and O–H groups in total. The maximum atomic E-state index is 12.0. The second-order valence-corrected chi connectivity index (χ2v) is 6.01. The molecule has 3 atom stereocenters. The fourth-order valence-electron chi connectivity index (χ4n) is 3.36. The summed E-state index contributed by atoms with van der Waals surface area (Å²) >= 11 is 0. The Morgan fingerprint density at radius 1 is 1.00 bits per heavy atom. The van der Waals surface area contributed by atoms with Crippen molar-refractivity contribution in [3.05, 3.63) is 0 Å². The fraction of sp³-hybridized carbons (Fsp3) is 0.867. The van der Waals surface area contributed by atoms with E-state index in [1.807, 2.05) is 0 Å². The zero-order valence-electron chi connectivity index (χ0n) is 12.6. The first-order valence-electron chi connectivity index (χ1n) is 7.08. The smallest absolute Gasteiger partial charge is 0.320 e. The van der Waals surface area contributed by atoms with Crippen molar-refractivity contribution in [3.63, 3.8) is 0 Å². The molecule has 1 aliphatic rings. The van der Waals surface area contributed by atoms with E-state index in [1.165, 1.54) is 14.2 Å². The highest BCUT2D eigenvalue weighted by Crippen LogP contribution is 2.42. The van der Waals surface area contributed by atoms with Crippen LogP contribution in [0.2, 0.25) is 0 Å². The van der Waals surface area contributed by atoms with E-state index in [4.69, 9.17) is 9.47 Å². The maximum Gasteiger partial charge on any atom is 0.320 e. The van der Waals surface area contributed by atoms with Crippen molar-refractivity contribution in [1.82, 2.24) is 0 Å². The average Bonchev–Trinajstić information content (AvgIpc) is 2.38. The first kappa shape index (κ1) is 16.0. The van der Waals surface area contributed by atoms with Gasteiger partial charge in [-0.15, -0.1) is 0 Å². The van der Waals surface area contributed by atoms with Crippen molar-refractivity contribution in [1.29, 1.82) is 0 Å². The largest absolute Gasteiger partial charge is 0.468 e. The Morgan fingerprint density at radius 2 is 1.53 bits per heavy atom. The van der Waals surface area contributed by atoms with Gasteiger partial charge in [0, 0.05) is 0 Å². The van der Waals surface area contributed by atoms with Crippen LogP contribution in [0.3, 0.4) is 0 Å². The molecule has 1 rings (SSSR count). The van der Waals surface area contributed by atoms with Crippen molar-refractivity contribution in [3.8, 4) is 0 Å². The molecule has 0 aliphatic heterocycles. The van der Waals surface area contributed by atoms with Gasteiger partial charge in [-0.2, -0.15) is 0 Å². The summed E-state index contributed by atoms with van der Waals surface area (Å²) in [4.78, 5) is 23.9. The van der Waals surface area contributed by atoms with Gasteiger partial charge in [-0.1, -0.05) is 27.2 Å². The molecule has 4 nitrogen and oxygen atoms in total. The number of hydrogen-bond donors (Lipinski definition) is 0. The summed E-state index contributed by atoms with van der Waals surface area (Å²) in [5, 5.41) is 0. The van der Waals surface area contributed by atoms with Crippen LogP contribution >= 0.6 is 0 Å². The molecule has 0 heterocycles. The molecule has 1 fully saturated rings. The van der Waals surface area contributed by atoms with Gasteiger partial charge in [-0.05, 0) is 36.5 Å². The first-order chi connectivity index (χ1) is 8.92. The summed E-state index contributed by atoms with van der Waals surface area (Å²) in [6.07, 6.45) is 3.11. The quantitative estimate of drug-likeness (QED) is 0.582. The lowest BCUT2D eigenvalue weighted by Gasteiger charge is -2.39. The van der Waals surface area contributed by atoms with Crippen LogP contribution < -0.4 is 0 Å². The van der Waals surface area contributed by atoms with E-state index in [9.17, 15) is 9.59 Å². The highest BCUT2D eigenvalue weighted by atomic mass is 16.5. The summed E-state index contributed by atoms with van der Waals surface area (Å²) in [5.41, 5.74) is 0. The molecule has 1 aliphatic carbocycles. The highest BCUT2D eigenvalue weighted by Gasteiger charge is 2.44. The molecule has 0 aromatic heterocycles. The Bertz CT molecular complexity index is 308. The molecule has 1 saturated carbocycles. The van der Waals surface area contributed by atoms with Gasteiger partial charge >= 0.3 is 11.9 Å². The summed E-state index contributed by atoms with van der Waals surface area (Å²) in [6, 6.07) is 0. The topological polar surface area (TPSA) is 52.6 Å². The molecule has 110 valence electrons. The van der Waals surface area contributed by atoms with Gasteiger partial charge in [-0.3, -0.25) is 9.59 Å². The number of methoxy groups -OCH3 is 2. The highest BCUT2D eigenvalue weighted by molar-refractivity contribution is 5.95. The standard InChI is InChI=1S/C15H26O4/c1-9(2)11-7-6-10(3)8-12(11)13(14(16)18-4)15(17)19-5/h9-13H,6-8H2,1-5H3/t10-,11+,12-/m1/s1. The Morgan fingerprint density at radius 3 is 1.95 bits per heavy atom. The molecule has 0 unspecified atom stereocenters. The molecule has 4 heteroatoms. The maximum absolute atomic E-state index is 12.0. The van der Waals surface area contributed by atoms with Crippen LogP contribution in [0.15, 0.2) is 0 Å². The first-order valence-corrected chi connectivity index (χ1v) is 7.08. The number of ether oxygens (including phenoxy) is 2. The van der Waals surface area contributed by atoms with Crippen LogP contribution in [0, 0.1) is 29.6 Å². The van der Waals surface area contributed by atoms with Crippen LogP contribution in [-0.2, 0) is 19.1 Å². The van der Waals surface area contributed by atoms with E-state index in [0.717, 1.165) is 19.3 Å². The van der Waals surface area contributed by atoms with Crippen molar-refractivity contribution in [2.75, 3.05) is 14.2 Å². The third-order valence-corrected chi connectivity index (χ3v) is 4.41. The van der Waals surface area contributed by atoms with E-state index in [2.05, 4.69) is 20.8 Å². The lowest BCUT2D eigenvalue weighted by atomic mass is 9.65. The predicted molar refractivity (Wildman–Crippen MR) is 72.4 cm³/mol. The normalized spacial score (nSPS) is 27.4. The zero-order valence-corrected chi connectivity index (χ0v) is 12.6. The number of esters is 2. The minimum Gasteiger partial charge on any atom is -0.468 e. The van der Waals surface area contributed by atoms with Crippen molar-refractivity contribution in [2.24, 2.45) is 29.6 Å². The summed E-state index contributed by atoms with van der Waals surface area (Å²) in [5.74, 6) is -0.299. The van der Waals surface area contributed by atoms with E-state index >= 15 is 0 Å². The number of carbonyl (C=O) groups is 2. The molecule has 0 amide bonds. The molecule has 0 saturated heterocycles. The average molecular weight is 270 g/mol. The summed E-state index contributed by atoms with van der Waals surface area (Å²) in [7, 11) is 2.66. The van der Waals surface area contributed by atoms with Crippen LogP contribution in [0.4, 0.5) is 0 Å². The van der Waals surface area contributed by atoms with Gasteiger partial charge in [-0.25, -0.2) is 0 Å². The van der Waals surface area contributed by atoms with Crippen LogP contribution in [0.5, 0.6) is 0 Å². The van der Waals surface area contributed by atoms with Gasteiger partial charge in [0.1, 0.15) is 0 Å². The summed E-state index contributed by atoms with van der Waals surface area (Å²) in [6.45, 7) is 6.48. The third kappa shape index (κ3) is 3.71. The van der Waals surface area contributed by atoms with E-state index in [1.54, 1.807) is 0 Å². The van der Waals surface area contributed by atoms with Crippen molar-refractivity contribution < 1.29 is 19.1 Å². The third-order valence-electron chi connectivity index (χ3n) is 4.41. The van der Waals surface area contributed by atoms with Gasteiger partial charge < -0.3 is 9.47 Å². The molecule has 0 aromatic rings. The monoisotopic (exact) mass is 270 g/mol. The number of carbonyl (C=O) groups excluding carboxylic acids is 2. The Kier molecular flexibility index (Phi) is 5.83. The molecular formula is C15H26O4. The lowest BCUT2D eigenvalue weighted by Crippen LogP contribution is -2.41. The summed E-state index contributed by atoms with van der Waals surface area (Å²) < 4.78 is 9.62. The second-order valence-electron chi connectivity index (χ2n) is 6.01. The minimum atomic E-state index is -0.773. The SMILES string of the molecule is COC(=O)C(C(=O)OC)[C@@H]1C[C@H](C)CC[C@H]1C(C)C. The molecule has 0 spiro atoms. The molecule has 19 heavy (non-hydrogen) atoms. The molecule has 0 aromatic carbocycles. The Balaban J connectivity index is 3.01. The Labute approximate surface area is 115 Å². The van der Waals surface area contributed by atoms with Crippen LogP contribution in [-0.4, -0.2) is 26.2 Å². The molecule has 0 bridgehead atoms. The molecular weight excluding hydrogens is 244 g/mol. The van der Waals surface area contributed by atoms with Crippen molar-refractivity contribution in [2.45, 2.75) is 40.0 Å². The van der Waals surface area contributed by atoms with Crippen LogP contribution in [0.1, 0.15) is 40.0 Å². The van der Waals surface area contributed by atoms with Crippen molar-refractivity contribution >= 4 is 11.9 Å². The van der Waals surface area contributed by atoms with Gasteiger partial charge in [0.05, 0.1) is 14.2 Å². The van der Waals surface area contributed by atoms with E-state index in [0.29, 0.717) is 17.8 Å². The van der Waals surface area contributed by atoms with Gasteiger partial charge in [0.25, 0.3) is 0 Å². The molecule has 0 radical (unpaired) electrons. The zero-order chi connectivity index (χ0) is 14.6. The Hall–Kier alpha value is -1.06. The van der Waals surface area contributed by atoms with E-state index < -0.39 is 17.9 Å². The second kappa shape index (κ2) is 6.92. The van der Waals surface area contributed by atoms with Gasteiger partial charge in [0.2, 0.25) is 0 Å². The minimum absolute atomic E-state index is 0.0312. The van der Waals surface area contributed by atoms with E-state index in [-0.39, 0.29) is 5.92 Å².